The zero-order chi connectivity index (χ0) is 31.7. The van der Waals surface area contributed by atoms with Crippen molar-refractivity contribution in [2.24, 2.45) is 17.0 Å². The van der Waals surface area contributed by atoms with Crippen LogP contribution >= 0.6 is 31.9 Å². The number of hydrogen-bond acceptors (Lipinski definition) is 10. The Bertz CT molecular complexity index is 1470. The van der Waals surface area contributed by atoms with Gasteiger partial charge in [0.15, 0.2) is 0 Å². The molecule has 0 bridgehead atoms. The van der Waals surface area contributed by atoms with Crippen molar-refractivity contribution < 1.29 is 42.6 Å². The number of halogens is 4. The summed E-state index contributed by atoms with van der Waals surface area (Å²) in [6.45, 7) is 3.65. The van der Waals surface area contributed by atoms with Crippen LogP contribution in [0.4, 0.5) is 8.78 Å². The molecule has 0 unspecified atom stereocenters. The molecule has 2 aromatic rings. The van der Waals surface area contributed by atoms with Gasteiger partial charge in [-0.3, -0.25) is 19.3 Å². The molecule has 0 amide bonds. The van der Waals surface area contributed by atoms with Gasteiger partial charge in [0.25, 0.3) is 0 Å². The van der Waals surface area contributed by atoms with Gasteiger partial charge < -0.3 is 14.6 Å². The number of carbonyl (C=O) groups is 2. The highest BCUT2D eigenvalue weighted by Crippen LogP contribution is 2.40. The third kappa shape index (κ3) is 7.03. The van der Waals surface area contributed by atoms with Gasteiger partial charge in [0.2, 0.25) is 0 Å². The zero-order valence-corrected chi connectivity index (χ0v) is 26.7. The van der Waals surface area contributed by atoms with Gasteiger partial charge in [-0.25, -0.2) is 8.78 Å². The molecule has 4 fully saturated rings. The van der Waals surface area contributed by atoms with E-state index in [1.54, 1.807) is 50.2 Å². The highest BCUT2D eigenvalue weighted by molar-refractivity contribution is 9.10. The van der Waals surface area contributed by atoms with Crippen molar-refractivity contribution in [3.8, 4) is 0 Å². The van der Waals surface area contributed by atoms with Crippen LogP contribution in [-0.2, 0) is 41.8 Å². The second kappa shape index (κ2) is 14.8. The van der Waals surface area contributed by atoms with E-state index in [1.165, 1.54) is 10.1 Å². The average molecular weight is 761 g/mol. The minimum absolute atomic E-state index is 0. The van der Waals surface area contributed by atoms with Gasteiger partial charge in [0.1, 0.15) is 42.0 Å². The summed E-state index contributed by atoms with van der Waals surface area (Å²) in [5.41, 5.74) is 9.30. The molecule has 45 heavy (non-hydrogen) atoms. The summed E-state index contributed by atoms with van der Waals surface area (Å²) in [7, 11) is 0. The van der Waals surface area contributed by atoms with Crippen LogP contribution in [0, 0.1) is 23.5 Å². The monoisotopic (exact) mass is 759 g/mol. The summed E-state index contributed by atoms with van der Waals surface area (Å²) < 4.78 is 39.4. The van der Waals surface area contributed by atoms with Crippen molar-refractivity contribution in [2.75, 3.05) is 13.2 Å². The van der Waals surface area contributed by atoms with Gasteiger partial charge in [0.05, 0.1) is 53.1 Å². The van der Waals surface area contributed by atoms with Gasteiger partial charge in [0, 0.05) is 16.0 Å². The highest BCUT2D eigenvalue weighted by atomic mass is 79.9. The van der Waals surface area contributed by atoms with Crippen LogP contribution < -0.4 is 0 Å². The van der Waals surface area contributed by atoms with Gasteiger partial charge >= 0.3 is 11.9 Å². The molecule has 8 atom stereocenters. The van der Waals surface area contributed by atoms with Crippen LogP contribution in [0.15, 0.2) is 50.5 Å². The molecule has 0 saturated carbocycles. The second-order valence-electron chi connectivity index (χ2n) is 10.8. The van der Waals surface area contributed by atoms with E-state index in [1.807, 2.05) is 0 Å². The number of fused-ring (bicyclic) bond motifs is 2. The van der Waals surface area contributed by atoms with Crippen molar-refractivity contribution >= 4 is 43.8 Å². The van der Waals surface area contributed by atoms with Crippen molar-refractivity contribution in [3.05, 3.63) is 78.5 Å². The van der Waals surface area contributed by atoms with E-state index < -0.39 is 36.1 Å². The fourth-order valence-corrected chi connectivity index (χ4v) is 6.93. The van der Waals surface area contributed by atoms with Crippen molar-refractivity contribution in [3.63, 3.8) is 0 Å². The first-order valence-electron chi connectivity index (χ1n) is 13.8. The first-order valence-corrected chi connectivity index (χ1v) is 15.4. The molecule has 4 heterocycles. The fourth-order valence-electron chi connectivity index (χ4n) is 6.12. The Morgan fingerprint density at radius 3 is 1.76 bits per heavy atom. The number of ether oxygens (including phenoxy) is 2. The third-order valence-corrected chi connectivity index (χ3v) is 9.37. The second-order valence-corrected chi connectivity index (χ2v) is 12.5. The molecule has 0 radical (unpaired) electrons. The van der Waals surface area contributed by atoms with Crippen molar-refractivity contribution in [1.29, 1.82) is 0 Å². The maximum absolute atomic E-state index is 14.2. The molecule has 12 nitrogen and oxygen atoms in total. The van der Waals surface area contributed by atoms with E-state index in [4.69, 9.17) is 24.7 Å². The molecule has 1 N–H and O–H groups in total. The Morgan fingerprint density at radius 2 is 1.31 bits per heavy atom. The molecule has 2 aromatic carbocycles. The Hall–Kier alpha value is -2.69. The summed E-state index contributed by atoms with van der Waals surface area (Å²) in [6, 6.07) is 8.67. The number of hydroxylamine groups is 4. The van der Waals surface area contributed by atoms with Crippen LogP contribution in [0.3, 0.4) is 0 Å². The number of hydrogen-bond donors (Lipinski definition) is 1. The minimum Gasteiger partial charge on any atom is -0.461 e. The lowest BCUT2D eigenvalue weighted by atomic mass is 9.92. The number of benzene rings is 2. The number of azide groups is 1. The van der Waals surface area contributed by atoms with Gasteiger partial charge in [-0.2, -0.15) is 10.1 Å². The third-order valence-electron chi connectivity index (χ3n) is 8.14. The Kier molecular flexibility index (Phi) is 11.6. The van der Waals surface area contributed by atoms with Crippen LogP contribution in [0.5, 0.6) is 0 Å². The smallest absolute Gasteiger partial charge is 0.326 e. The summed E-state index contributed by atoms with van der Waals surface area (Å²) in [4.78, 5) is 38.1. The predicted octanol–water partition coefficient (Wildman–Crippen LogP) is 5.21. The largest absolute Gasteiger partial charge is 0.461 e. The van der Waals surface area contributed by atoms with E-state index in [-0.39, 0.29) is 69.5 Å². The van der Waals surface area contributed by atoms with E-state index in [9.17, 15) is 23.5 Å². The van der Waals surface area contributed by atoms with Gasteiger partial charge in [-0.05, 0) is 63.4 Å². The number of aliphatic hydroxyl groups is 1. The molecule has 4 saturated heterocycles. The molecule has 0 spiro atoms. The number of cyclic esters (lactones) is 2. The minimum atomic E-state index is -0.623. The molecule has 0 aliphatic carbocycles. The van der Waals surface area contributed by atoms with Crippen LogP contribution in [0.25, 0.3) is 10.4 Å². The average Bonchev–Trinajstić information content (AvgIpc) is 3.71. The Balaban J connectivity index is 0.000000201. The molecule has 0 aromatic heterocycles. The van der Waals surface area contributed by atoms with Crippen LogP contribution in [-0.4, -0.2) is 76.8 Å². The normalized spacial score (nSPS) is 30.4. The van der Waals surface area contributed by atoms with Crippen LogP contribution in [0.1, 0.15) is 32.4 Å². The van der Waals surface area contributed by atoms with E-state index in [0.717, 1.165) is 0 Å². The standard InChI is InChI=1S/C14H14BrFN4O3.C14H15BrFNO4.CH4/c1-7-11-10(5-18-19-17)23-20(13(11)14(21)22-7)6-8-3-2-4-9(15)12(8)16;1-7-11-10(6-18)21-17(13(11)14(19)20-7)5-8-3-2-4-9(15)12(8)16;/h2-4,7,10-11,13H,5-6H2,1H3;2-4,7,10-11,13,18H,5-6H2,1H3;1H4/t2*7-,10-,11+,13-;/m00./s1. The maximum Gasteiger partial charge on any atom is 0.326 e. The van der Waals surface area contributed by atoms with Gasteiger partial charge in [-0.1, -0.05) is 36.8 Å². The number of carbonyl (C=O) groups excluding carboxylic acids is 2. The van der Waals surface area contributed by atoms with E-state index >= 15 is 0 Å². The first-order chi connectivity index (χ1) is 21.0. The summed E-state index contributed by atoms with van der Waals surface area (Å²) in [6.07, 6.45) is -1.64. The molecule has 4 aliphatic heterocycles. The van der Waals surface area contributed by atoms with Crippen molar-refractivity contribution in [1.82, 2.24) is 10.1 Å². The van der Waals surface area contributed by atoms with E-state index in [2.05, 4.69) is 41.9 Å². The molecular weight excluding hydrogens is 728 g/mol. The Morgan fingerprint density at radius 1 is 0.867 bits per heavy atom. The molecule has 244 valence electrons. The number of rotatable bonds is 7. The highest BCUT2D eigenvalue weighted by Gasteiger charge is 2.57. The predicted molar refractivity (Wildman–Crippen MR) is 163 cm³/mol. The van der Waals surface area contributed by atoms with Crippen molar-refractivity contribution in [2.45, 2.75) is 70.9 Å². The lowest BCUT2D eigenvalue weighted by Crippen LogP contribution is -2.35. The molecule has 4 aliphatic rings. The number of aliphatic hydroxyl groups excluding tert-OH is 1. The van der Waals surface area contributed by atoms with E-state index in [0.29, 0.717) is 20.1 Å². The molecule has 16 heteroatoms. The van der Waals surface area contributed by atoms with Crippen LogP contribution in [0.2, 0.25) is 0 Å². The molecule has 6 rings (SSSR count). The molecular formula is C29H33Br2F2N5O7. The SMILES string of the molecule is C.C[C@@H]1OC(=O)[C@@H]2[C@H]1[C@H](CN=[N+]=[N-])ON2Cc1cccc(Br)c1F.C[C@@H]1OC(=O)[C@@H]2[C@H]1[C@H](CO)ON2Cc1cccc(Br)c1F. The lowest BCUT2D eigenvalue weighted by Gasteiger charge is -2.20. The summed E-state index contributed by atoms with van der Waals surface area (Å²) in [5, 5.41) is 15.8. The summed E-state index contributed by atoms with van der Waals surface area (Å²) in [5.74, 6) is -2.06. The Labute approximate surface area is 275 Å². The first kappa shape index (κ1) is 35.2. The number of nitrogens with zero attached hydrogens (tertiary/aromatic N) is 5. The lowest BCUT2D eigenvalue weighted by molar-refractivity contribution is -0.196. The zero-order valence-electron chi connectivity index (χ0n) is 23.6. The summed E-state index contributed by atoms with van der Waals surface area (Å²) >= 11 is 6.27. The number of esters is 2. The maximum atomic E-state index is 14.2. The topological polar surface area (TPSA) is 147 Å². The van der Waals surface area contributed by atoms with Gasteiger partial charge in [-0.15, -0.1) is 0 Å². The fraction of sp³-hybridized carbons (Fsp3) is 0.517. The quantitative estimate of drug-likeness (QED) is 0.174.